The van der Waals surface area contributed by atoms with Crippen molar-refractivity contribution in [3.8, 4) is 27.9 Å². The summed E-state index contributed by atoms with van der Waals surface area (Å²) in [6.45, 7) is 2.26. The van der Waals surface area contributed by atoms with E-state index in [1.165, 1.54) is 93.4 Å². The van der Waals surface area contributed by atoms with Gasteiger partial charge in [0.2, 0.25) is 0 Å². The van der Waals surface area contributed by atoms with Crippen LogP contribution in [0.2, 0.25) is 0 Å². The zero-order valence-corrected chi connectivity index (χ0v) is 26.2. The lowest BCUT2D eigenvalue weighted by atomic mass is 9.99. The highest BCUT2D eigenvalue weighted by Crippen LogP contribution is 2.41. The molecule has 10 rings (SSSR count). The molecule has 47 heavy (non-hydrogen) atoms. The molecule has 7 aromatic carbocycles. The van der Waals surface area contributed by atoms with Crippen molar-refractivity contribution >= 4 is 59.9 Å². The predicted octanol–water partition coefficient (Wildman–Crippen LogP) is 12.2. The van der Waals surface area contributed by atoms with Gasteiger partial charge < -0.3 is 8.97 Å². The van der Waals surface area contributed by atoms with Gasteiger partial charge in [-0.2, -0.15) is 0 Å². The molecule has 0 N–H and O–H groups in total. The number of hydrogen-bond acceptors (Lipinski definition) is 0. The number of aromatic nitrogens is 2. The highest BCUT2D eigenvalue weighted by atomic mass is 15.0. The third-order valence-corrected chi connectivity index (χ3v) is 10.1. The van der Waals surface area contributed by atoms with Gasteiger partial charge in [0.15, 0.2) is 0 Å². The van der Waals surface area contributed by atoms with Gasteiger partial charge in [-0.05, 0) is 88.8 Å². The molecule has 0 radical (unpaired) electrons. The van der Waals surface area contributed by atoms with Gasteiger partial charge in [-0.1, -0.05) is 110 Å². The Morgan fingerprint density at radius 2 is 0.979 bits per heavy atom. The van der Waals surface area contributed by atoms with Gasteiger partial charge in [0, 0.05) is 38.0 Å². The molecular formula is C45H32N2. The normalized spacial score (nSPS) is 12.1. The summed E-state index contributed by atoms with van der Waals surface area (Å²) >= 11 is 0. The van der Waals surface area contributed by atoms with Crippen LogP contribution >= 0.6 is 0 Å². The zero-order valence-electron chi connectivity index (χ0n) is 26.2. The maximum atomic E-state index is 2.45. The summed E-state index contributed by atoms with van der Waals surface area (Å²) in [6.07, 6.45) is 2.21. The van der Waals surface area contributed by atoms with E-state index in [1.54, 1.807) is 0 Å². The maximum absolute atomic E-state index is 2.45. The van der Waals surface area contributed by atoms with Crippen molar-refractivity contribution in [3.05, 3.63) is 157 Å². The van der Waals surface area contributed by atoms with E-state index < -0.39 is 0 Å². The maximum Gasteiger partial charge on any atom is 0.0620 e. The van der Waals surface area contributed by atoms with Crippen LogP contribution < -0.4 is 0 Å². The van der Waals surface area contributed by atoms with Crippen molar-refractivity contribution in [3.63, 3.8) is 0 Å². The standard InChI is InChI=1S/C45H32N2/c1-2-10-29-19-22-42-38(25-29)40-28-33(20-23-43(40)46(42)34-14-8-13-31(26-34)30-11-4-3-5-12-30)32-21-24-44-39(27-32)37-17-9-16-36-35-15-6-7-18-41(35)47(44)45(36)37/h3-9,11-28H,2,10H2,1H3. The number of fused-ring (bicyclic) bond motifs is 9. The number of aryl methyl sites for hydroxylation is 1. The fraction of sp³-hybridized carbons (Fsp3) is 0.0667. The second kappa shape index (κ2) is 10.1. The highest BCUT2D eigenvalue weighted by molar-refractivity contribution is 6.23. The number of para-hydroxylation sites is 2. The van der Waals surface area contributed by atoms with E-state index in [0.29, 0.717) is 0 Å². The second-order valence-electron chi connectivity index (χ2n) is 12.9. The Kier molecular flexibility index (Phi) is 5.65. The van der Waals surface area contributed by atoms with E-state index >= 15 is 0 Å². The Bertz CT molecular complexity index is 2800. The molecule has 0 amide bonds. The van der Waals surface area contributed by atoms with Gasteiger partial charge in [0.05, 0.1) is 27.6 Å². The van der Waals surface area contributed by atoms with Crippen molar-refractivity contribution in [2.75, 3.05) is 0 Å². The number of hydrogen-bond donors (Lipinski definition) is 0. The molecule has 2 nitrogen and oxygen atoms in total. The lowest BCUT2D eigenvalue weighted by Crippen LogP contribution is -1.94. The Labute approximate surface area is 273 Å². The Morgan fingerprint density at radius 3 is 1.79 bits per heavy atom. The smallest absolute Gasteiger partial charge is 0.0620 e. The van der Waals surface area contributed by atoms with E-state index in [2.05, 4.69) is 168 Å². The summed E-state index contributed by atoms with van der Waals surface area (Å²) < 4.78 is 4.90. The number of rotatable bonds is 5. The van der Waals surface area contributed by atoms with Crippen LogP contribution in [0.4, 0.5) is 0 Å². The van der Waals surface area contributed by atoms with Gasteiger partial charge in [-0.25, -0.2) is 0 Å². The largest absolute Gasteiger partial charge is 0.309 e. The van der Waals surface area contributed by atoms with Crippen LogP contribution in [0.15, 0.2) is 152 Å². The molecule has 0 spiro atoms. The number of nitrogens with zero attached hydrogens (tertiary/aromatic N) is 2. The third-order valence-electron chi connectivity index (χ3n) is 10.1. The van der Waals surface area contributed by atoms with Crippen molar-refractivity contribution in [1.82, 2.24) is 8.97 Å². The molecule has 0 atom stereocenters. The Balaban J connectivity index is 1.19. The summed E-state index contributed by atoms with van der Waals surface area (Å²) in [4.78, 5) is 0. The molecule has 3 heterocycles. The molecule has 0 saturated carbocycles. The fourth-order valence-corrected chi connectivity index (χ4v) is 8.04. The topological polar surface area (TPSA) is 9.34 Å². The molecule has 3 aromatic heterocycles. The molecule has 2 heteroatoms. The molecule has 10 aromatic rings. The Hall–Kier alpha value is -5.86. The Morgan fingerprint density at radius 1 is 0.404 bits per heavy atom. The van der Waals surface area contributed by atoms with Crippen molar-refractivity contribution < 1.29 is 0 Å². The second-order valence-corrected chi connectivity index (χ2v) is 12.9. The van der Waals surface area contributed by atoms with Crippen LogP contribution in [-0.2, 0) is 6.42 Å². The van der Waals surface area contributed by atoms with E-state index in [4.69, 9.17) is 0 Å². The van der Waals surface area contributed by atoms with Crippen LogP contribution in [0.5, 0.6) is 0 Å². The summed E-state index contributed by atoms with van der Waals surface area (Å²) in [5.41, 5.74) is 13.9. The lowest BCUT2D eigenvalue weighted by Gasteiger charge is -2.11. The summed E-state index contributed by atoms with van der Waals surface area (Å²) in [5.74, 6) is 0. The van der Waals surface area contributed by atoms with E-state index in [1.807, 2.05) is 0 Å². The molecule has 0 aliphatic heterocycles. The average Bonchev–Trinajstić information content (AvgIpc) is 3.76. The predicted molar refractivity (Wildman–Crippen MR) is 200 cm³/mol. The highest BCUT2D eigenvalue weighted by Gasteiger charge is 2.18. The first-order valence-corrected chi connectivity index (χ1v) is 16.7. The summed E-state index contributed by atoms with van der Waals surface area (Å²) in [7, 11) is 0. The van der Waals surface area contributed by atoms with E-state index in [9.17, 15) is 0 Å². The first-order chi connectivity index (χ1) is 23.3. The molecule has 0 aliphatic carbocycles. The van der Waals surface area contributed by atoms with Gasteiger partial charge in [0.1, 0.15) is 0 Å². The molecule has 0 saturated heterocycles. The minimum Gasteiger partial charge on any atom is -0.309 e. The minimum atomic E-state index is 1.08. The minimum absolute atomic E-state index is 1.08. The average molecular weight is 601 g/mol. The van der Waals surface area contributed by atoms with Gasteiger partial charge in [-0.3, -0.25) is 0 Å². The third kappa shape index (κ3) is 3.85. The molecule has 0 aliphatic rings. The van der Waals surface area contributed by atoms with Crippen molar-refractivity contribution in [2.24, 2.45) is 0 Å². The van der Waals surface area contributed by atoms with Gasteiger partial charge in [-0.15, -0.1) is 0 Å². The molecule has 0 bridgehead atoms. The summed E-state index contributed by atoms with van der Waals surface area (Å²) in [6, 6.07) is 56.2. The number of benzene rings is 7. The van der Waals surface area contributed by atoms with Crippen LogP contribution in [0.3, 0.4) is 0 Å². The van der Waals surface area contributed by atoms with E-state index in [0.717, 1.165) is 12.8 Å². The summed E-state index contributed by atoms with van der Waals surface area (Å²) in [5, 5.41) is 7.86. The molecular weight excluding hydrogens is 569 g/mol. The van der Waals surface area contributed by atoms with Crippen LogP contribution in [0.25, 0.3) is 87.8 Å². The van der Waals surface area contributed by atoms with Gasteiger partial charge in [0.25, 0.3) is 0 Å². The van der Waals surface area contributed by atoms with Crippen LogP contribution in [0.1, 0.15) is 18.9 Å². The van der Waals surface area contributed by atoms with Crippen molar-refractivity contribution in [2.45, 2.75) is 19.8 Å². The molecule has 222 valence electrons. The first-order valence-electron chi connectivity index (χ1n) is 16.7. The van der Waals surface area contributed by atoms with E-state index in [-0.39, 0.29) is 0 Å². The fourth-order valence-electron chi connectivity index (χ4n) is 8.04. The first kappa shape index (κ1) is 26.4. The molecule has 0 fully saturated rings. The van der Waals surface area contributed by atoms with Crippen LogP contribution in [0, 0.1) is 0 Å². The van der Waals surface area contributed by atoms with Gasteiger partial charge >= 0.3 is 0 Å². The lowest BCUT2D eigenvalue weighted by molar-refractivity contribution is 0.923. The molecule has 0 unspecified atom stereocenters. The quantitative estimate of drug-likeness (QED) is 0.186. The SMILES string of the molecule is CCCc1ccc2c(c1)c1cc(-c3ccc4c(c3)c3cccc5c6ccccc6n4c53)ccc1n2-c1cccc(-c2ccccc2)c1. The zero-order chi connectivity index (χ0) is 31.1. The van der Waals surface area contributed by atoms with Crippen molar-refractivity contribution in [1.29, 1.82) is 0 Å². The van der Waals surface area contributed by atoms with Crippen LogP contribution in [-0.4, -0.2) is 8.97 Å². The monoisotopic (exact) mass is 600 g/mol.